The van der Waals surface area contributed by atoms with Crippen LogP contribution in [0.3, 0.4) is 0 Å². The Morgan fingerprint density at radius 3 is 2.45 bits per heavy atom. The first-order valence-electron chi connectivity index (χ1n) is 7.17. The van der Waals surface area contributed by atoms with Gasteiger partial charge in [-0.3, -0.25) is 4.79 Å². The van der Waals surface area contributed by atoms with E-state index in [0.717, 1.165) is 18.6 Å². The molecule has 1 amide bonds. The van der Waals surface area contributed by atoms with Gasteiger partial charge in [0.1, 0.15) is 5.75 Å². The van der Waals surface area contributed by atoms with Crippen LogP contribution in [0.2, 0.25) is 0 Å². The lowest BCUT2D eigenvalue weighted by atomic mass is 9.96. The molecule has 0 aliphatic heterocycles. The molecule has 0 saturated heterocycles. The SMILES string of the molecule is CCCCOc1ccc(C(=O)NC(C)(C)C(C)N)cc1. The number of hydrogen-bond acceptors (Lipinski definition) is 3. The summed E-state index contributed by atoms with van der Waals surface area (Å²) in [6, 6.07) is 7.07. The second-order valence-corrected chi connectivity index (χ2v) is 5.69. The van der Waals surface area contributed by atoms with E-state index in [1.165, 1.54) is 0 Å². The number of unbranched alkanes of at least 4 members (excludes halogenated alkanes) is 1. The lowest BCUT2D eigenvalue weighted by molar-refractivity contribution is 0.0903. The second kappa shape index (κ2) is 7.29. The first-order chi connectivity index (χ1) is 9.36. The van der Waals surface area contributed by atoms with Crippen LogP contribution in [-0.4, -0.2) is 24.1 Å². The number of hydrogen-bond donors (Lipinski definition) is 2. The molecular formula is C16H26N2O2. The van der Waals surface area contributed by atoms with Crippen molar-refractivity contribution in [3.05, 3.63) is 29.8 Å². The van der Waals surface area contributed by atoms with Crippen molar-refractivity contribution in [2.45, 2.75) is 52.1 Å². The van der Waals surface area contributed by atoms with Crippen molar-refractivity contribution in [1.82, 2.24) is 5.32 Å². The maximum Gasteiger partial charge on any atom is 0.251 e. The average Bonchev–Trinajstić information content (AvgIpc) is 2.39. The molecule has 0 aromatic heterocycles. The smallest absolute Gasteiger partial charge is 0.251 e. The van der Waals surface area contributed by atoms with Crippen LogP contribution in [-0.2, 0) is 0 Å². The average molecular weight is 278 g/mol. The summed E-state index contributed by atoms with van der Waals surface area (Å²) in [7, 11) is 0. The molecule has 0 radical (unpaired) electrons. The molecule has 0 aliphatic rings. The third-order valence-corrected chi connectivity index (χ3v) is 3.46. The van der Waals surface area contributed by atoms with Crippen LogP contribution in [0.5, 0.6) is 5.75 Å². The van der Waals surface area contributed by atoms with Gasteiger partial charge in [-0.05, 0) is 51.5 Å². The Bertz CT molecular complexity index is 425. The molecular weight excluding hydrogens is 252 g/mol. The lowest BCUT2D eigenvalue weighted by Crippen LogP contribution is -2.54. The Labute approximate surface area is 121 Å². The fraction of sp³-hybridized carbons (Fsp3) is 0.562. The van der Waals surface area contributed by atoms with Crippen LogP contribution in [0.15, 0.2) is 24.3 Å². The molecule has 0 saturated carbocycles. The highest BCUT2D eigenvalue weighted by Crippen LogP contribution is 2.14. The van der Waals surface area contributed by atoms with Gasteiger partial charge in [-0.2, -0.15) is 0 Å². The molecule has 112 valence electrons. The number of rotatable bonds is 7. The van der Waals surface area contributed by atoms with Crippen molar-refractivity contribution >= 4 is 5.91 Å². The molecule has 1 unspecified atom stereocenters. The Balaban J connectivity index is 2.62. The molecule has 0 spiro atoms. The molecule has 4 heteroatoms. The van der Waals surface area contributed by atoms with E-state index in [0.29, 0.717) is 12.2 Å². The van der Waals surface area contributed by atoms with E-state index < -0.39 is 5.54 Å². The van der Waals surface area contributed by atoms with E-state index in [1.54, 1.807) is 12.1 Å². The van der Waals surface area contributed by atoms with Crippen LogP contribution in [0.25, 0.3) is 0 Å². The van der Waals surface area contributed by atoms with E-state index in [-0.39, 0.29) is 11.9 Å². The fourth-order valence-corrected chi connectivity index (χ4v) is 1.52. The van der Waals surface area contributed by atoms with Gasteiger partial charge in [0.15, 0.2) is 0 Å². The number of ether oxygens (including phenoxy) is 1. The van der Waals surface area contributed by atoms with Gasteiger partial charge in [-0.25, -0.2) is 0 Å². The Hall–Kier alpha value is -1.55. The number of carbonyl (C=O) groups is 1. The normalized spacial score (nSPS) is 12.8. The van der Waals surface area contributed by atoms with Crippen LogP contribution < -0.4 is 15.8 Å². The Morgan fingerprint density at radius 1 is 1.35 bits per heavy atom. The quantitative estimate of drug-likeness (QED) is 0.754. The van der Waals surface area contributed by atoms with E-state index in [2.05, 4.69) is 12.2 Å². The summed E-state index contributed by atoms with van der Waals surface area (Å²) < 4.78 is 5.57. The summed E-state index contributed by atoms with van der Waals surface area (Å²) in [4.78, 5) is 12.1. The minimum atomic E-state index is -0.437. The molecule has 4 nitrogen and oxygen atoms in total. The number of nitrogens with one attached hydrogen (secondary N) is 1. The van der Waals surface area contributed by atoms with Gasteiger partial charge in [-0.1, -0.05) is 13.3 Å². The molecule has 0 aliphatic carbocycles. The minimum Gasteiger partial charge on any atom is -0.494 e. The number of amides is 1. The molecule has 20 heavy (non-hydrogen) atoms. The topological polar surface area (TPSA) is 64.3 Å². The summed E-state index contributed by atoms with van der Waals surface area (Å²) in [5, 5.41) is 2.94. The van der Waals surface area contributed by atoms with E-state index in [1.807, 2.05) is 32.9 Å². The standard InChI is InChI=1S/C16H26N2O2/c1-5-6-11-20-14-9-7-13(8-10-14)15(19)18-16(3,4)12(2)17/h7-10,12H,5-6,11,17H2,1-4H3,(H,18,19). The molecule has 0 heterocycles. The highest BCUT2D eigenvalue weighted by atomic mass is 16.5. The summed E-state index contributed by atoms with van der Waals surface area (Å²) in [6.45, 7) is 8.54. The van der Waals surface area contributed by atoms with Crippen molar-refractivity contribution in [2.75, 3.05) is 6.61 Å². The molecule has 0 fully saturated rings. The molecule has 1 aromatic rings. The summed E-state index contributed by atoms with van der Waals surface area (Å²) in [5.41, 5.74) is 6.03. The largest absolute Gasteiger partial charge is 0.494 e. The third-order valence-electron chi connectivity index (χ3n) is 3.46. The Morgan fingerprint density at radius 2 is 1.95 bits per heavy atom. The monoisotopic (exact) mass is 278 g/mol. The van der Waals surface area contributed by atoms with Crippen LogP contribution in [0.1, 0.15) is 50.9 Å². The van der Waals surface area contributed by atoms with Gasteiger partial charge in [-0.15, -0.1) is 0 Å². The van der Waals surface area contributed by atoms with Gasteiger partial charge >= 0.3 is 0 Å². The molecule has 1 atom stereocenters. The van der Waals surface area contributed by atoms with E-state index in [9.17, 15) is 4.79 Å². The first-order valence-corrected chi connectivity index (χ1v) is 7.17. The summed E-state index contributed by atoms with van der Waals surface area (Å²) in [5.74, 6) is 0.675. The second-order valence-electron chi connectivity index (χ2n) is 5.69. The first kappa shape index (κ1) is 16.5. The van der Waals surface area contributed by atoms with Crippen molar-refractivity contribution in [2.24, 2.45) is 5.73 Å². The predicted octanol–water partition coefficient (Wildman–Crippen LogP) is 2.72. The molecule has 3 N–H and O–H groups in total. The van der Waals surface area contributed by atoms with Crippen molar-refractivity contribution in [3.63, 3.8) is 0 Å². The van der Waals surface area contributed by atoms with Gasteiger partial charge in [0.05, 0.1) is 6.61 Å². The van der Waals surface area contributed by atoms with Crippen LogP contribution >= 0.6 is 0 Å². The summed E-state index contributed by atoms with van der Waals surface area (Å²) >= 11 is 0. The van der Waals surface area contributed by atoms with Gasteiger partial charge in [0.2, 0.25) is 0 Å². The summed E-state index contributed by atoms with van der Waals surface area (Å²) in [6.07, 6.45) is 2.14. The minimum absolute atomic E-state index is 0.118. The number of benzene rings is 1. The fourth-order valence-electron chi connectivity index (χ4n) is 1.52. The number of carbonyl (C=O) groups excluding carboxylic acids is 1. The van der Waals surface area contributed by atoms with Crippen molar-refractivity contribution in [3.8, 4) is 5.75 Å². The zero-order valence-electron chi connectivity index (χ0n) is 12.9. The van der Waals surface area contributed by atoms with Crippen molar-refractivity contribution < 1.29 is 9.53 Å². The van der Waals surface area contributed by atoms with Gasteiger partial charge < -0.3 is 15.8 Å². The molecule has 1 aromatic carbocycles. The Kier molecular flexibility index (Phi) is 6.02. The highest BCUT2D eigenvalue weighted by Gasteiger charge is 2.25. The van der Waals surface area contributed by atoms with Crippen LogP contribution in [0.4, 0.5) is 0 Å². The third kappa shape index (κ3) is 4.85. The lowest BCUT2D eigenvalue weighted by Gasteiger charge is -2.30. The van der Waals surface area contributed by atoms with Crippen LogP contribution in [0, 0.1) is 0 Å². The van der Waals surface area contributed by atoms with E-state index >= 15 is 0 Å². The van der Waals surface area contributed by atoms with Gasteiger partial charge in [0, 0.05) is 17.1 Å². The predicted molar refractivity (Wildman–Crippen MR) is 82.0 cm³/mol. The van der Waals surface area contributed by atoms with E-state index in [4.69, 9.17) is 10.5 Å². The zero-order chi connectivity index (χ0) is 15.2. The van der Waals surface area contributed by atoms with Crippen molar-refractivity contribution in [1.29, 1.82) is 0 Å². The number of nitrogens with two attached hydrogens (primary N) is 1. The molecule has 1 rings (SSSR count). The maximum absolute atomic E-state index is 12.1. The van der Waals surface area contributed by atoms with Gasteiger partial charge in [0.25, 0.3) is 5.91 Å². The maximum atomic E-state index is 12.1. The zero-order valence-corrected chi connectivity index (χ0v) is 12.9. The molecule has 0 bridgehead atoms. The highest BCUT2D eigenvalue weighted by molar-refractivity contribution is 5.94.